The lowest BCUT2D eigenvalue weighted by atomic mass is 10.0. The lowest BCUT2D eigenvalue weighted by molar-refractivity contribution is -0.121. The molecule has 1 aromatic carbocycles. The highest BCUT2D eigenvalue weighted by Crippen LogP contribution is 2.26. The third kappa shape index (κ3) is 4.00. The molecule has 1 fully saturated rings. The van der Waals surface area contributed by atoms with Crippen LogP contribution in [0.25, 0.3) is 0 Å². The quantitative estimate of drug-likeness (QED) is 0.888. The summed E-state index contributed by atoms with van der Waals surface area (Å²) >= 11 is 5.11. The normalized spacial score (nSPS) is 23.0. The smallest absolute Gasteiger partial charge is 0.224 e. The van der Waals surface area contributed by atoms with Crippen molar-refractivity contribution in [2.24, 2.45) is 0 Å². The summed E-state index contributed by atoms with van der Waals surface area (Å²) in [7, 11) is 0. The second kappa shape index (κ2) is 6.08. The molecule has 2 N–H and O–H groups in total. The summed E-state index contributed by atoms with van der Waals surface area (Å²) in [5.41, 5.74) is 0.257. The van der Waals surface area contributed by atoms with Crippen molar-refractivity contribution in [1.29, 1.82) is 0 Å². The Bertz CT molecular complexity index is 433. The maximum Gasteiger partial charge on any atom is 0.224 e. The van der Waals surface area contributed by atoms with Gasteiger partial charge in [0.05, 0.1) is 12.0 Å². The molecular weight excluding hydrogens is 314 g/mol. The van der Waals surface area contributed by atoms with Gasteiger partial charge < -0.3 is 10.4 Å². The Morgan fingerprint density at radius 2 is 2.39 bits per heavy atom. The van der Waals surface area contributed by atoms with Crippen molar-refractivity contribution >= 4 is 33.6 Å². The van der Waals surface area contributed by atoms with Crippen molar-refractivity contribution < 1.29 is 9.90 Å². The first kappa shape index (κ1) is 13.9. The van der Waals surface area contributed by atoms with Gasteiger partial charge in [-0.2, -0.15) is 11.8 Å². The van der Waals surface area contributed by atoms with Gasteiger partial charge in [-0.1, -0.05) is 28.1 Å². The number of hydrogen-bond donors (Lipinski definition) is 2. The highest BCUT2D eigenvalue weighted by molar-refractivity contribution is 9.10. The molecule has 3 nitrogen and oxygen atoms in total. The molecule has 0 saturated carbocycles. The molecular formula is C13H16BrNO2S. The van der Waals surface area contributed by atoms with E-state index in [1.54, 1.807) is 11.8 Å². The Balaban J connectivity index is 1.82. The summed E-state index contributed by atoms with van der Waals surface area (Å²) in [4.78, 5) is 11.8. The second-order valence-corrected chi connectivity index (χ2v) is 6.63. The minimum atomic E-state index is -0.711. The lowest BCUT2D eigenvalue weighted by Gasteiger charge is -2.21. The van der Waals surface area contributed by atoms with Gasteiger partial charge in [-0.05, 0) is 29.9 Å². The average molecular weight is 330 g/mol. The number of benzene rings is 1. The molecule has 0 aromatic heterocycles. The molecule has 0 spiro atoms. The summed E-state index contributed by atoms with van der Waals surface area (Å²) in [6.45, 7) is 0.354. The lowest BCUT2D eigenvalue weighted by Crippen LogP contribution is -2.43. The molecule has 1 unspecified atom stereocenters. The SMILES string of the molecule is O=C(Cc1cccc(Br)c1)NCC1(O)CCSC1. The van der Waals surface area contributed by atoms with Gasteiger partial charge in [0, 0.05) is 16.8 Å². The van der Waals surface area contributed by atoms with Gasteiger partial charge >= 0.3 is 0 Å². The number of carbonyl (C=O) groups is 1. The first-order chi connectivity index (χ1) is 8.57. The third-order valence-corrected chi connectivity index (χ3v) is 4.68. The van der Waals surface area contributed by atoms with E-state index in [-0.39, 0.29) is 5.91 Å². The molecule has 1 aromatic rings. The Kier molecular flexibility index (Phi) is 4.70. The molecule has 1 saturated heterocycles. The predicted molar refractivity (Wildman–Crippen MR) is 77.7 cm³/mol. The predicted octanol–water partition coefficient (Wildman–Crippen LogP) is 1.98. The average Bonchev–Trinajstić information content (AvgIpc) is 2.74. The highest BCUT2D eigenvalue weighted by atomic mass is 79.9. The van der Waals surface area contributed by atoms with Crippen LogP contribution in [-0.4, -0.2) is 34.7 Å². The molecule has 0 bridgehead atoms. The molecule has 2 rings (SSSR count). The van der Waals surface area contributed by atoms with Gasteiger partial charge in [0.25, 0.3) is 0 Å². The molecule has 0 aliphatic carbocycles. The Morgan fingerprint density at radius 1 is 1.56 bits per heavy atom. The first-order valence-electron chi connectivity index (χ1n) is 5.89. The summed E-state index contributed by atoms with van der Waals surface area (Å²) in [6.07, 6.45) is 1.11. The van der Waals surface area contributed by atoms with Crippen molar-refractivity contribution in [2.45, 2.75) is 18.4 Å². The molecule has 1 amide bonds. The van der Waals surface area contributed by atoms with E-state index >= 15 is 0 Å². The zero-order valence-electron chi connectivity index (χ0n) is 9.99. The first-order valence-corrected chi connectivity index (χ1v) is 7.83. The summed E-state index contributed by atoms with van der Waals surface area (Å²) in [5, 5.41) is 12.9. The molecule has 1 heterocycles. The maximum atomic E-state index is 11.8. The van der Waals surface area contributed by atoms with Crippen molar-refractivity contribution in [1.82, 2.24) is 5.32 Å². The number of nitrogens with one attached hydrogen (secondary N) is 1. The molecule has 0 radical (unpaired) electrons. The van der Waals surface area contributed by atoms with Gasteiger partial charge in [0.1, 0.15) is 0 Å². The minimum absolute atomic E-state index is 0.0431. The zero-order valence-corrected chi connectivity index (χ0v) is 12.4. The van der Waals surface area contributed by atoms with E-state index in [4.69, 9.17) is 0 Å². The second-order valence-electron chi connectivity index (χ2n) is 4.61. The van der Waals surface area contributed by atoms with Crippen LogP contribution in [0.1, 0.15) is 12.0 Å². The largest absolute Gasteiger partial charge is 0.387 e. The van der Waals surface area contributed by atoms with Crippen LogP contribution >= 0.6 is 27.7 Å². The number of thioether (sulfide) groups is 1. The van der Waals surface area contributed by atoms with Gasteiger partial charge in [0.2, 0.25) is 5.91 Å². The number of rotatable bonds is 4. The van der Waals surface area contributed by atoms with Crippen LogP contribution in [0.2, 0.25) is 0 Å². The molecule has 1 atom stereocenters. The fraction of sp³-hybridized carbons (Fsp3) is 0.462. The van der Waals surface area contributed by atoms with E-state index in [0.29, 0.717) is 18.7 Å². The van der Waals surface area contributed by atoms with Gasteiger partial charge in [-0.3, -0.25) is 4.79 Å². The van der Waals surface area contributed by atoms with Crippen LogP contribution in [0.5, 0.6) is 0 Å². The van der Waals surface area contributed by atoms with Crippen LogP contribution in [0.4, 0.5) is 0 Å². The standard InChI is InChI=1S/C13H16BrNO2S/c14-11-3-1-2-10(6-11)7-12(16)15-8-13(17)4-5-18-9-13/h1-3,6,17H,4-5,7-9H2,(H,15,16). The number of hydrogen-bond acceptors (Lipinski definition) is 3. The van der Waals surface area contributed by atoms with Gasteiger partial charge in [-0.15, -0.1) is 0 Å². The Morgan fingerprint density at radius 3 is 3.06 bits per heavy atom. The van der Waals surface area contributed by atoms with Crippen LogP contribution in [0.3, 0.4) is 0 Å². The molecule has 98 valence electrons. The van der Waals surface area contributed by atoms with Crippen molar-refractivity contribution in [3.63, 3.8) is 0 Å². The number of aliphatic hydroxyl groups is 1. The molecule has 5 heteroatoms. The van der Waals surface area contributed by atoms with E-state index < -0.39 is 5.60 Å². The number of halogens is 1. The highest BCUT2D eigenvalue weighted by Gasteiger charge is 2.31. The van der Waals surface area contributed by atoms with E-state index in [2.05, 4.69) is 21.2 Å². The van der Waals surface area contributed by atoms with Gasteiger partial charge in [0.15, 0.2) is 0 Å². The fourth-order valence-corrected chi connectivity index (χ4v) is 3.64. The summed E-state index contributed by atoms with van der Waals surface area (Å²) < 4.78 is 0.971. The fourth-order valence-electron chi connectivity index (χ4n) is 1.89. The van der Waals surface area contributed by atoms with Gasteiger partial charge in [-0.25, -0.2) is 0 Å². The van der Waals surface area contributed by atoms with E-state index in [1.165, 1.54) is 0 Å². The van der Waals surface area contributed by atoms with E-state index in [0.717, 1.165) is 22.2 Å². The minimum Gasteiger partial charge on any atom is -0.387 e. The Hall–Kier alpha value is -0.520. The number of carbonyl (C=O) groups excluding carboxylic acids is 1. The molecule has 1 aliphatic heterocycles. The van der Waals surface area contributed by atoms with Crippen LogP contribution in [0.15, 0.2) is 28.7 Å². The zero-order chi connectivity index (χ0) is 13.0. The third-order valence-electron chi connectivity index (χ3n) is 2.95. The maximum absolute atomic E-state index is 11.8. The Labute approximate surface area is 119 Å². The molecule has 1 aliphatic rings. The van der Waals surface area contributed by atoms with Crippen LogP contribution in [-0.2, 0) is 11.2 Å². The van der Waals surface area contributed by atoms with Crippen LogP contribution < -0.4 is 5.32 Å². The van der Waals surface area contributed by atoms with Crippen molar-refractivity contribution in [3.05, 3.63) is 34.3 Å². The number of amides is 1. The summed E-state index contributed by atoms with van der Waals surface area (Å²) in [5.74, 6) is 1.64. The van der Waals surface area contributed by atoms with E-state index in [9.17, 15) is 9.90 Å². The van der Waals surface area contributed by atoms with Crippen LogP contribution in [0, 0.1) is 0 Å². The monoisotopic (exact) mass is 329 g/mol. The van der Waals surface area contributed by atoms with Crippen molar-refractivity contribution in [3.8, 4) is 0 Å². The molecule has 18 heavy (non-hydrogen) atoms. The summed E-state index contributed by atoms with van der Waals surface area (Å²) in [6, 6.07) is 7.69. The topological polar surface area (TPSA) is 49.3 Å². The van der Waals surface area contributed by atoms with E-state index in [1.807, 2.05) is 24.3 Å². The van der Waals surface area contributed by atoms with Crippen molar-refractivity contribution in [2.75, 3.05) is 18.1 Å².